The van der Waals surface area contributed by atoms with Gasteiger partial charge in [0.1, 0.15) is 0 Å². The molecule has 3 aliphatic carbocycles. The third kappa shape index (κ3) is 2.97. The van der Waals surface area contributed by atoms with E-state index in [0.717, 1.165) is 12.8 Å². The summed E-state index contributed by atoms with van der Waals surface area (Å²) in [5.41, 5.74) is 8.78. The van der Waals surface area contributed by atoms with Crippen LogP contribution in [0.15, 0.2) is 97.1 Å². The van der Waals surface area contributed by atoms with Gasteiger partial charge in [0.05, 0.1) is 0 Å². The van der Waals surface area contributed by atoms with Gasteiger partial charge in [-0.2, -0.15) is 0 Å². The van der Waals surface area contributed by atoms with E-state index in [1.165, 1.54) is 75.6 Å². The van der Waals surface area contributed by atoms with E-state index in [1.807, 2.05) is 11.3 Å². The Morgan fingerprint density at radius 1 is 0.632 bits per heavy atom. The lowest BCUT2D eigenvalue weighted by Gasteiger charge is -2.22. The van der Waals surface area contributed by atoms with Crippen molar-refractivity contribution in [3.63, 3.8) is 0 Å². The van der Waals surface area contributed by atoms with Crippen LogP contribution in [0.2, 0.25) is 0 Å². The molecule has 0 radical (unpaired) electrons. The highest BCUT2D eigenvalue weighted by Crippen LogP contribution is 2.50. The maximum absolute atomic E-state index is 2.56. The van der Waals surface area contributed by atoms with Crippen LogP contribution in [0.3, 0.4) is 0 Å². The predicted octanol–water partition coefficient (Wildman–Crippen LogP) is 8.32. The molecule has 3 aliphatic rings. The second-order valence-electron chi connectivity index (χ2n) is 11.2. The molecule has 0 N–H and O–H groups in total. The minimum Gasteiger partial charge on any atom is -0.135 e. The fourth-order valence-corrected chi connectivity index (χ4v) is 8.51. The highest BCUT2D eigenvalue weighted by Gasteiger charge is 2.41. The number of fused-ring (bicyclic) bond motifs is 10. The van der Waals surface area contributed by atoms with Crippen LogP contribution < -0.4 is 9.75 Å². The van der Waals surface area contributed by atoms with Crippen LogP contribution >= 0.6 is 11.3 Å². The molecule has 1 aromatic heterocycles. The Bertz CT molecular complexity index is 2120. The van der Waals surface area contributed by atoms with E-state index in [1.54, 1.807) is 5.57 Å². The van der Waals surface area contributed by atoms with E-state index in [0.29, 0.717) is 11.8 Å². The van der Waals surface area contributed by atoms with Crippen LogP contribution in [0.5, 0.6) is 0 Å². The maximum Gasteiger partial charge on any atom is 0.0393 e. The first-order chi connectivity index (χ1) is 18.8. The van der Waals surface area contributed by atoms with Gasteiger partial charge in [-0.25, -0.2) is 0 Å². The lowest BCUT2D eigenvalue weighted by Crippen LogP contribution is -2.26. The minimum absolute atomic E-state index is 0.683. The standard InChI is InChI=1S/C37H26S/c1-2-12-28-26(10-1)27-11-3-4-13-29(27)33-19-23(16-17-30(28)33)22-8-7-9-24(18-22)36-32-20-25(32)21-34-31-14-5-6-15-35(31)38-37(34)36/h1-15,18-19,21,25,32H,16-17,20H2. The number of rotatable bonds is 2. The van der Waals surface area contributed by atoms with E-state index < -0.39 is 0 Å². The van der Waals surface area contributed by atoms with Crippen LogP contribution in [-0.2, 0) is 6.42 Å². The van der Waals surface area contributed by atoms with E-state index in [9.17, 15) is 0 Å². The zero-order chi connectivity index (χ0) is 24.8. The lowest BCUT2D eigenvalue weighted by molar-refractivity contribution is 1.01. The molecule has 0 spiro atoms. The Balaban J connectivity index is 1.24. The van der Waals surface area contributed by atoms with Gasteiger partial charge in [0, 0.05) is 14.6 Å². The molecule has 2 atom stereocenters. The highest BCUT2D eigenvalue weighted by atomic mass is 32.1. The van der Waals surface area contributed by atoms with Crippen molar-refractivity contribution in [2.45, 2.75) is 19.3 Å². The molecule has 1 fully saturated rings. The molecule has 9 rings (SSSR count). The SMILES string of the molecule is C1=C(c2cccc(C3=c4sc5ccccc5c4=CC4CC34)c2)CCc2c1c1ccccc1c1ccccc21. The van der Waals surface area contributed by atoms with Gasteiger partial charge in [0.15, 0.2) is 0 Å². The van der Waals surface area contributed by atoms with Gasteiger partial charge in [-0.3, -0.25) is 0 Å². The van der Waals surface area contributed by atoms with Crippen molar-refractivity contribution in [1.82, 2.24) is 0 Å². The molecule has 38 heavy (non-hydrogen) atoms. The fourth-order valence-electron chi connectivity index (χ4n) is 7.19. The van der Waals surface area contributed by atoms with Gasteiger partial charge in [-0.1, -0.05) is 97.1 Å². The van der Waals surface area contributed by atoms with Crippen molar-refractivity contribution in [2.24, 2.45) is 11.8 Å². The van der Waals surface area contributed by atoms with Crippen molar-refractivity contribution in [3.8, 4) is 0 Å². The van der Waals surface area contributed by atoms with Crippen LogP contribution in [0, 0.1) is 11.8 Å². The summed E-state index contributed by atoms with van der Waals surface area (Å²) in [6, 6.07) is 36.3. The molecular weight excluding hydrogens is 476 g/mol. The second kappa shape index (κ2) is 7.79. The molecule has 2 unspecified atom stereocenters. The normalized spacial score (nSPS) is 19.6. The molecule has 0 bridgehead atoms. The summed E-state index contributed by atoms with van der Waals surface area (Å²) in [6.45, 7) is 0. The number of hydrogen-bond acceptors (Lipinski definition) is 1. The average molecular weight is 503 g/mol. The van der Waals surface area contributed by atoms with Crippen LogP contribution in [-0.4, -0.2) is 0 Å². The molecule has 0 aliphatic heterocycles. The van der Waals surface area contributed by atoms with Gasteiger partial charge < -0.3 is 0 Å². The quantitative estimate of drug-likeness (QED) is 0.209. The molecule has 180 valence electrons. The number of allylic oxidation sites excluding steroid dienone is 1. The topological polar surface area (TPSA) is 0 Å². The van der Waals surface area contributed by atoms with Crippen molar-refractivity contribution < 1.29 is 0 Å². The van der Waals surface area contributed by atoms with Crippen LogP contribution in [0.25, 0.3) is 54.9 Å². The summed E-state index contributed by atoms with van der Waals surface area (Å²) >= 11 is 1.98. The van der Waals surface area contributed by atoms with E-state index >= 15 is 0 Å². The molecular formula is C37H26S. The average Bonchev–Trinajstić information content (AvgIpc) is 3.67. The Kier molecular flexibility index (Phi) is 4.31. The third-order valence-corrected chi connectivity index (χ3v) is 10.3. The minimum atomic E-state index is 0.683. The van der Waals surface area contributed by atoms with Gasteiger partial charge in [0.25, 0.3) is 0 Å². The lowest BCUT2D eigenvalue weighted by atomic mass is 9.82. The van der Waals surface area contributed by atoms with E-state index in [-0.39, 0.29) is 0 Å². The molecule has 0 amide bonds. The highest BCUT2D eigenvalue weighted by molar-refractivity contribution is 7.17. The smallest absolute Gasteiger partial charge is 0.0393 e. The van der Waals surface area contributed by atoms with Crippen molar-refractivity contribution in [2.75, 3.05) is 0 Å². The van der Waals surface area contributed by atoms with Gasteiger partial charge >= 0.3 is 0 Å². The molecule has 1 saturated carbocycles. The summed E-state index contributed by atoms with van der Waals surface area (Å²) in [6.07, 6.45) is 8.53. The largest absolute Gasteiger partial charge is 0.135 e. The Labute approximate surface area is 225 Å². The first-order valence-corrected chi connectivity index (χ1v) is 14.6. The molecule has 6 aromatic rings. The number of aryl methyl sites for hydroxylation is 1. The first kappa shape index (κ1) is 21.0. The fraction of sp³-hybridized carbons (Fsp3) is 0.135. The monoisotopic (exact) mass is 502 g/mol. The van der Waals surface area contributed by atoms with Gasteiger partial charge in [-0.15, -0.1) is 11.3 Å². The third-order valence-electron chi connectivity index (χ3n) is 9.06. The Hall–Kier alpha value is -3.94. The van der Waals surface area contributed by atoms with Crippen molar-refractivity contribution in [3.05, 3.63) is 129 Å². The van der Waals surface area contributed by atoms with Gasteiger partial charge in [0.2, 0.25) is 0 Å². The van der Waals surface area contributed by atoms with Crippen molar-refractivity contribution >= 4 is 66.3 Å². The number of benzene rings is 5. The summed E-state index contributed by atoms with van der Waals surface area (Å²) in [5, 5.41) is 8.44. The zero-order valence-electron chi connectivity index (χ0n) is 21.1. The summed E-state index contributed by atoms with van der Waals surface area (Å²) in [7, 11) is 0. The van der Waals surface area contributed by atoms with Crippen LogP contribution in [0.4, 0.5) is 0 Å². The molecule has 0 saturated heterocycles. The first-order valence-electron chi connectivity index (χ1n) is 13.8. The predicted molar refractivity (Wildman–Crippen MR) is 164 cm³/mol. The van der Waals surface area contributed by atoms with E-state index in [4.69, 9.17) is 0 Å². The maximum atomic E-state index is 2.56. The molecule has 5 aromatic carbocycles. The summed E-state index contributed by atoms with van der Waals surface area (Å²) < 4.78 is 2.91. The number of thiophene rings is 1. The van der Waals surface area contributed by atoms with Crippen molar-refractivity contribution in [1.29, 1.82) is 0 Å². The molecule has 1 heterocycles. The van der Waals surface area contributed by atoms with Crippen LogP contribution in [0.1, 0.15) is 35.1 Å². The summed E-state index contributed by atoms with van der Waals surface area (Å²) in [4.78, 5) is 0. The summed E-state index contributed by atoms with van der Waals surface area (Å²) in [5.74, 6) is 1.39. The Morgan fingerprint density at radius 3 is 2.21 bits per heavy atom. The number of hydrogen-bond donors (Lipinski definition) is 0. The molecule has 1 heteroatoms. The molecule has 0 nitrogen and oxygen atoms in total. The zero-order valence-corrected chi connectivity index (χ0v) is 21.9. The second-order valence-corrected chi connectivity index (χ2v) is 12.2. The van der Waals surface area contributed by atoms with E-state index in [2.05, 4.69) is 109 Å². The Morgan fingerprint density at radius 2 is 1.34 bits per heavy atom. The van der Waals surface area contributed by atoms with Gasteiger partial charge in [-0.05, 0) is 103 Å².